The average Bonchev–Trinajstić information content (AvgIpc) is 2.66. The zero-order valence-electron chi connectivity index (χ0n) is 17.6. The third-order valence-electron chi connectivity index (χ3n) is 3.66. The molecule has 0 aliphatic rings. The first kappa shape index (κ1) is 32.5. The number of hydrogen-bond donors (Lipinski definition) is 6. The summed E-state index contributed by atoms with van der Waals surface area (Å²) in [5.41, 5.74) is 0. The molecule has 0 aliphatic carbocycles. The van der Waals surface area contributed by atoms with Gasteiger partial charge in [-0.2, -0.15) is 0 Å². The minimum Gasteiger partial charge on any atom is -0.481 e. The number of unbranched alkanes of at least 4 members (excludes halogenated alkanes) is 8. The van der Waals surface area contributed by atoms with Crippen LogP contribution < -0.4 is 0 Å². The molecule has 0 rings (SSSR count). The smallest absolute Gasteiger partial charge is 0.303 e. The maximum atomic E-state index is 10.1. The van der Waals surface area contributed by atoms with Gasteiger partial charge in [-0.3, -0.25) is 19.2 Å². The molecule has 0 aromatic heterocycles. The summed E-state index contributed by atoms with van der Waals surface area (Å²) in [6.07, 6.45) is 9.06. The van der Waals surface area contributed by atoms with Crippen molar-refractivity contribution in [3.05, 3.63) is 0 Å². The normalized spacial score (nSPS) is 9.53. The van der Waals surface area contributed by atoms with Gasteiger partial charge in [-0.05, 0) is 25.7 Å². The first-order valence-corrected chi connectivity index (χ1v) is 10.3. The van der Waals surface area contributed by atoms with Gasteiger partial charge in [0.25, 0.3) is 0 Å². The number of hydrogen-bond acceptors (Lipinski definition) is 6. The van der Waals surface area contributed by atoms with Gasteiger partial charge < -0.3 is 30.6 Å². The maximum Gasteiger partial charge on any atom is 0.303 e. The fourth-order valence-electron chi connectivity index (χ4n) is 2.17. The van der Waals surface area contributed by atoms with Crippen LogP contribution in [0, 0.1) is 0 Å². The van der Waals surface area contributed by atoms with E-state index in [0.29, 0.717) is 25.7 Å². The lowest BCUT2D eigenvalue weighted by Crippen LogP contribution is -1.95. The molecule has 0 atom stereocenters. The number of aliphatic hydroxyl groups is 2. The fraction of sp³-hybridized carbons (Fsp3) is 0.800. The summed E-state index contributed by atoms with van der Waals surface area (Å²) in [7, 11) is 0. The number of carboxylic acids is 4. The van der Waals surface area contributed by atoms with Crippen molar-refractivity contribution in [3.63, 3.8) is 0 Å². The molecule has 0 heterocycles. The molecule has 10 nitrogen and oxygen atoms in total. The number of rotatable bonds is 17. The van der Waals surface area contributed by atoms with Crippen molar-refractivity contribution in [1.29, 1.82) is 0 Å². The van der Waals surface area contributed by atoms with Crippen molar-refractivity contribution >= 4 is 23.9 Å². The summed E-state index contributed by atoms with van der Waals surface area (Å²) >= 11 is 0. The van der Waals surface area contributed by atoms with E-state index in [0.717, 1.165) is 38.5 Å². The zero-order valence-corrected chi connectivity index (χ0v) is 17.6. The number of aliphatic hydroxyl groups excluding tert-OH is 2. The second-order valence-electron chi connectivity index (χ2n) is 6.56. The van der Waals surface area contributed by atoms with Gasteiger partial charge in [0.15, 0.2) is 0 Å². The summed E-state index contributed by atoms with van der Waals surface area (Å²) in [5.74, 6) is -3.04. The van der Waals surface area contributed by atoms with Crippen LogP contribution in [0.1, 0.15) is 89.9 Å². The van der Waals surface area contributed by atoms with Crippen LogP contribution in [0.4, 0.5) is 0 Å². The molecule has 0 bridgehead atoms. The van der Waals surface area contributed by atoms with Crippen LogP contribution in [0.25, 0.3) is 0 Å². The number of aliphatic carboxylic acids is 4. The molecule has 0 fully saturated rings. The predicted molar refractivity (Wildman–Crippen MR) is 109 cm³/mol. The molecule has 0 amide bonds. The molecular weight excluding hydrogens is 400 g/mol. The lowest BCUT2D eigenvalue weighted by molar-refractivity contribution is -0.138. The Labute approximate surface area is 177 Å². The Morgan fingerprint density at radius 1 is 0.367 bits per heavy atom. The first-order valence-electron chi connectivity index (χ1n) is 10.3. The molecule has 0 unspecified atom stereocenters. The van der Waals surface area contributed by atoms with Gasteiger partial charge >= 0.3 is 23.9 Å². The topological polar surface area (TPSA) is 190 Å². The van der Waals surface area contributed by atoms with Crippen LogP contribution in [0.3, 0.4) is 0 Å². The quantitative estimate of drug-likeness (QED) is 0.184. The van der Waals surface area contributed by atoms with Crippen molar-refractivity contribution < 1.29 is 49.8 Å². The highest BCUT2D eigenvalue weighted by atomic mass is 16.4. The lowest BCUT2D eigenvalue weighted by atomic mass is 10.1. The molecule has 0 aromatic rings. The maximum absolute atomic E-state index is 10.1. The highest BCUT2D eigenvalue weighted by Gasteiger charge is 1.99. The first-order chi connectivity index (χ1) is 14.2. The Bertz CT molecular complexity index is 361. The van der Waals surface area contributed by atoms with E-state index in [4.69, 9.17) is 30.6 Å². The van der Waals surface area contributed by atoms with Crippen LogP contribution in [0.5, 0.6) is 0 Å². The Morgan fingerprint density at radius 2 is 0.533 bits per heavy atom. The lowest BCUT2D eigenvalue weighted by Gasteiger charge is -1.97. The van der Waals surface area contributed by atoms with Gasteiger partial charge in [0.2, 0.25) is 0 Å². The molecule has 0 saturated heterocycles. The monoisotopic (exact) mass is 438 g/mol. The molecule has 0 saturated carbocycles. The van der Waals surface area contributed by atoms with Crippen LogP contribution in [-0.4, -0.2) is 67.7 Å². The van der Waals surface area contributed by atoms with Crippen molar-refractivity contribution in [2.24, 2.45) is 0 Å². The molecule has 178 valence electrons. The van der Waals surface area contributed by atoms with E-state index in [-0.39, 0.29) is 38.9 Å². The fourth-order valence-corrected chi connectivity index (χ4v) is 2.17. The van der Waals surface area contributed by atoms with Crippen LogP contribution in [0.2, 0.25) is 0 Å². The zero-order chi connectivity index (χ0) is 23.6. The van der Waals surface area contributed by atoms with Gasteiger partial charge in [0.1, 0.15) is 0 Å². The van der Waals surface area contributed by atoms with Gasteiger partial charge in [-0.1, -0.05) is 38.5 Å². The van der Waals surface area contributed by atoms with Crippen LogP contribution >= 0.6 is 0 Å². The highest BCUT2D eigenvalue weighted by molar-refractivity contribution is 5.67. The summed E-state index contributed by atoms with van der Waals surface area (Å²) in [4.78, 5) is 40.4. The predicted octanol–water partition coefficient (Wildman–Crippen LogP) is 2.74. The Hall–Kier alpha value is -2.20. The molecule has 0 aliphatic heterocycles. The number of carbonyl (C=O) groups is 4. The van der Waals surface area contributed by atoms with E-state index < -0.39 is 23.9 Å². The van der Waals surface area contributed by atoms with Gasteiger partial charge in [-0.25, -0.2) is 0 Å². The third-order valence-corrected chi connectivity index (χ3v) is 3.66. The van der Waals surface area contributed by atoms with E-state index in [1.54, 1.807) is 0 Å². The Morgan fingerprint density at radius 3 is 0.667 bits per heavy atom. The minimum absolute atomic E-state index is 0.125. The summed E-state index contributed by atoms with van der Waals surface area (Å²) in [6.45, 7) is -0.250. The van der Waals surface area contributed by atoms with E-state index >= 15 is 0 Å². The molecule has 0 radical (unpaired) electrons. The standard InChI is InChI=1S/2C9H16O4.C2H6O2/c2*10-8(11)6-4-2-1-3-5-7-9(12)13;3-1-2-4/h2*1-7H2,(H,10,11)(H,12,13);3-4H,1-2H2. The van der Waals surface area contributed by atoms with Gasteiger partial charge in [0.05, 0.1) is 13.2 Å². The SMILES string of the molecule is O=C(O)CCCCCCCC(=O)O.O=C(O)CCCCCCCC(=O)O.OCCO. The van der Waals surface area contributed by atoms with Crippen molar-refractivity contribution in [2.45, 2.75) is 89.9 Å². The van der Waals surface area contributed by atoms with E-state index in [9.17, 15) is 19.2 Å². The van der Waals surface area contributed by atoms with Crippen molar-refractivity contribution in [3.8, 4) is 0 Å². The van der Waals surface area contributed by atoms with Crippen LogP contribution in [0.15, 0.2) is 0 Å². The summed E-state index contributed by atoms with van der Waals surface area (Å²) < 4.78 is 0. The highest BCUT2D eigenvalue weighted by Crippen LogP contribution is 2.07. The van der Waals surface area contributed by atoms with Gasteiger partial charge in [-0.15, -0.1) is 0 Å². The summed E-state index contributed by atoms with van der Waals surface area (Å²) in [5, 5.41) is 48.5. The third kappa shape index (κ3) is 44.9. The van der Waals surface area contributed by atoms with E-state index in [2.05, 4.69) is 0 Å². The molecule has 10 heteroatoms. The van der Waals surface area contributed by atoms with Crippen molar-refractivity contribution in [2.75, 3.05) is 13.2 Å². The molecule has 0 spiro atoms. The molecular formula is C20H38O10. The van der Waals surface area contributed by atoms with E-state index in [1.165, 1.54) is 0 Å². The number of carboxylic acid groups (broad SMARTS) is 4. The largest absolute Gasteiger partial charge is 0.481 e. The Balaban J connectivity index is -0.000000412. The van der Waals surface area contributed by atoms with E-state index in [1.807, 2.05) is 0 Å². The molecule has 30 heavy (non-hydrogen) atoms. The van der Waals surface area contributed by atoms with Crippen molar-refractivity contribution in [1.82, 2.24) is 0 Å². The second-order valence-corrected chi connectivity index (χ2v) is 6.56. The molecule has 6 N–H and O–H groups in total. The Kier molecular flexibility index (Phi) is 29.0. The van der Waals surface area contributed by atoms with Crippen LogP contribution in [-0.2, 0) is 19.2 Å². The summed E-state index contributed by atoms with van der Waals surface area (Å²) in [6, 6.07) is 0. The molecule has 0 aromatic carbocycles. The minimum atomic E-state index is -0.759. The van der Waals surface area contributed by atoms with Gasteiger partial charge in [0, 0.05) is 25.7 Å². The second kappa shape index (κ2) is 26.8. The average molecular weight is 439 g/mol.